The van der Waals surface area contributed by atoms with Crippen LogP contribution in [0.2, 0.25) is 0 Å². The van der Waals surface area contributed by atoms with Crippen molar-refractivity contribution in [1.29, 1.82) is 0 Å². The fraction of sp³-hybridized carbons (Fsp3) is 0. The molecule has 12 heavy (non-hydrogen) atoms. The summed E-state index contributed by atoms with van der Waals surface area (Å²) in [5.41, 5.74) is 3.20. The first kappa shape index (κ1) is 8.33. The number of rotatable bonds is 3. The Morgan fingerprint density at radius 3 is 2.67 bits per heavy atom. The minimum Gasteiger partial charge on any atom is -0.339 e. The molecule has 0 aromatic heterocycles. The highest BCUT2D eigenvalue weighted by Gasteiger charge is 1.94. The number of carbonyl (C=O) groups excluding carboxylic acids is 1. The Morgan fingerprint density at radius 2 is 2.08 bits per heavy atom. The standard InChI is InChI=1S/C9H9NO2/c1-2-9(11)12-10-8-6-4-3-5-7-8/h2-7,10H,1H2. The van der Waals surface area contributed by atoms with Gasteiger partial charge in [0, 0.05) is 6.08 Å². The molecule has 0 unspecified atom stereocenters. The average Bonchev–Trinajstić information content (AvgIpc) is 2.16. The summed E-state index contributed by atoms with van der Waals surface area (Å²) in [6, 6.07) is 9.13. The Morgan fingerprint density at radius 1 is 1.42 bits per heavy atom. The second-order valence-corrected chi connectivity index (χ2v) is 2.09. The summed E-state index contributed by atoms with van der Waals surface area (Å²) in [4.78, 5) is 15.2. The smallest absolute Gasteiger partial charge is 0.339 e. The van der Waals surface area contributed by atoms with Crippen LogP contribution in [0.3, 0.4) is 0 Å². The lowest BCUT2D eigenvalue weighted by atomic mass is 10.3. The van der Waals surface area contributed by atoms with Gasteiger partial charge in [0.05, 0.1) is 5.69 Å². The maximum Gasteiger partial charge on any atom is 0.355 e. The number of para-hydroxylation sites is 1. The molecule has 0 atom stereocenters. The number of nitrogens with one attached hydrogen (secondary N) is 1. The molecule has 0 aliphatic rings. The van der Waals surface area contributed by atoms with Gasteiger partial charge in [0.25, 0.3) is 0 Å². The van der Waals surface area contributed by atoms with Gasteiger partial charge in [-0.25, -0.2) is 10.3 Å². The molecular formula is C9H9NO2. The highest BCUT2D eigenvalue weighted by Crippen LogP contribution is 2.04. The highest BCUT2D eigenvalue weighted by atomic mass is 16.7. The van der Waals surface area contributed by atoms with Gasteiger partial charge in [0.15, 0.2) is 0 Å². The van der Waals surface area contributed by atoms with Crippen LogP contribution in [0.5, 0.6) is 0 Å². The van der Waals surface area contributed by atoms with Crippen molar-refractivity contribution in [3.8, 4) is 0 Å². The number of carbonyl (C=O) groups is 1. The molecule has 62 valence electrons. The van der Waals surface area contributed by atoms with Crippen molar-refractivity contribution in [3.63, 3.8) is 0 Å². The predicted octanol–water partition coefficient (Wildman–Crippen LogP) is 1.74. The van der Waals surface area contributed by atoms with Crippen LogP contribution in [0.1, 0.15) is 0 Å². The van der Waals surface area contributed by atoms with Gasteiger partial charge in [-0.05, 0) is 12.1 Å². The topological polar surface area (TPSA) is 38.3 Å². The molecule has 0 spiro atoms. The van der Waals surface area contributed by atoms with E-state index in [0.717, 1.165) is 11.8 Å². The third kappa shape index (κ3) is 2.46. The van der Waals surface area contributed by atoms with Crippen molar-refractivity contribution in [2.75, 3.05) is 5.48 Å². The molecule has 1 aromatic carbocycles. The fourth-order valence-corrected chi connectivity index (χ4v) is 0.657. The summed E-state index contributed by atoms with van der Waals surface area (Å²) >= 11 is 0. The van der Waals surface area contributed by atoms with Crippen LogP contribution in [0.15, 0.2) is 43.0 Å². The van der Waals surface area contributed by atoms with E-state index in [1.54, 1.807) is 12.1 Å². The summed E-state index contributed by atoms with van der Waals surface area (Å²) in [6.07, 6.45) is 1.09. The van der Waals surface area contributed by atoms with E-state index in [1.807, 2.05) is 18.2 Å². The quantitative estimate of drug-likeness (QED) is 0.545. The van der Waals surface area contributed by atoms with E-state index in [4.69, 9.17) is 0 Å². The number of hydrogen-bond donors (Lipinski definition) is 1. The van der Waals surface area contributed by atoms with Gasteiger partial charge in [-0.1, -0.05) is 24.8 Å². The van der Waals surface area contributed by atoms with Gasteiger partial charge in [-0.2, -0.15) is 0 Å². The van der Waals surface area contributed by atoms with E-state index < -0.39 is 5.97 Å². The monoisotopic (exact) mass is 163 g/mol. The summed E-state index contributed by atoms with van der Waals surface area (Å²) < 4.78 is 0. The Balaban J connectivity index is 2.43. The number of hydrogen-bond acceptors (Lipinski definition) is 3. The molecule has 0 heterocycles. The number of benzene rings is 1. The molecule has 0 saturated heterocycles. The summed E-state index contributed by atoms with van der Waals surface area (Å²) in [5.74, 6) is -0.501. The molecule has 0 saturated carbocycles. The van der Waals surface area contributed by atoms with E-state index in [0.29, 0.717) is 0 Å². The molecule has 3 heteroatoms. The Hall–Kier alpha value is -1.77. The fourth-order valence-electron chi connectivity index (χ4n) is 0.657. The van der Waals surface area contributed by atoms with E-state index in [2.05, 4.69) is 16.9 Å². The first-order valence-corrected chi connectivity index (χ1v) is 3.47. The molecule has 1 rings (SSSR count). The van der Waals surface area contributed by atoms with Gasteiger partial charge in [0.2, 0.25) is 0 Å². The van der Waals surface area contributed by atoms with Gasteiger partial charge in [-0.3, -0.25) is 0 Å². The molecule has 1 aromatic rings. The zero-order valence-electron chi connectivity index (χ0n) is 6.49. The van der Waals surface area contributed by atoms with Crippen molar-refractivity contribution >= 4 is 11.7 Å². The van der Waals surface area contributed by atoms with Crippen LogP contribution in [0.4, 0.5) is 5.69 Å². The van der Waals surface area contributed by atoms with Crippen LogP contribution in [-0.4, -0.2) is 5.97 Å². The normalized spacial score (nSPS) is 8.67. The third-order valence-corrected chi connectivity index (χ3v) is 1.21. The maximum atomic E-state index is 10.6. The molecular weight excluding hydrogens is 154 g/mol. The van der Waals surface area contributed by atoms with Crippen LogP contribution in [0.25, 0.3) is 0 Å². The minimum atomic E-state index is -0.501. The van der Waals surface area contributed by atoms with Gasteiger partial charge in [-0.15, -0.1) is 0 Å². The van der Waals surface area contributed by atoms with Crippen LogP contribution in [-0.2, 0) is 9.63 Å². The molecule has 0 aliphatic carbocycles. The molecule has 0 amide bonds. The molecule has 0 radical (unpaired) electrons. The molecule has 0 aliphatic heterocycles. The third-order valence-electron chi connectivity index (χ3n) is 1.21. The lowest BCUT2D eigenvalue weighted by Crippen LogP contribution is -2.06. The maximum absolute atomic E-state index is 10.6. The lowest BCUT2D eigenvalue weighted by Gasteiger charge is -2.02. The summed E-state index contributed by atoms with van der Waals surface area (Å²) in [7, 11) is 0. The molecule has 0 bridgehead atoms. The van der Waals surface area contributed by atoms with Crippen LogP contribution in [0, 0.1) is 0 Å². The SMILES string of the molecule is C=CC(=O)ONc1ccccc1. The first-order chi connectivity index (χ1) is 5.83. The van der Waals surface area contributed by atoms with Crippen molar-refractivity contribution < 1.29 is 9.63 Å². The van der Waals surface area contributed by atoms with Crippen LogP contribution >= 0.6 is 0 Å². The van der Waals surface area contributed by atoms with Crippen LogP contribution < -0.4 is 5.48 Å². The Bertz CT molecular complexity index is 269. The predicted molar refractivity (Wildman–Crippen MR) is 46.4 cm³/mol. The molecule has 3 nitrogen and oxygen atoms in total. The largest absolute Gasteiger partial charge is 0.355 e. The first-order valence-electron chi connectivity index (χ1n) is 3.47. The van der Waals surface area contributed by atoms with Gasteiger partial charge in [0.1, 0.15) is 0 Å². The minimum absolute atomic E-state index is 0.501. The molecule has 0 fully saturated rings. The lowest BCUT2D eigenvalue weighted by molar-refractivity contribution is -0.134. The number of anilines is 1. The van der Waals surface area contributed by atoms with E-state index in [-0.39, 0.29) is 0 Å². The zero-order valence-corrected chi connectivity index (χ0v) is 6.49. The Kier molecular flexibility index (Phi) is 2.90. The van der Waals surface area contributed by atoms with E-state index in [9.17, 15) is 4.79 Å². The van der Waals surface area contributed by atoms with Crippen molar-refractivity contribution in [2.45, 2.75) is 0 Å². The van der Waals surface area contributed by atoms with E-state index >= 15 is 0 Å². The van der Waals surface area contributed by atoms with Crippen molar-refractivity contribution in [1.82, 2.24) is 0 Å². The van der Waals surface area contributed by atoms with Crippen molar-refractivity contribution in [3.05, 3.63) is 43.0 Å². The Labute approximate surface area is 70.6 Å². The summed E-state index contributed by atoms with van der Waals surface area (Å²) in [5, 5.41) is 0. The van der Waals surface area contributed by atoms with Gasteiger partial charge >= 0.3 is 5.97 Å². The zero-order chi connectivity index (χ0) is 8.81. The second kappa shape index (κ2) is 4.18. The van der Waals surface area contributed by atoms with Gasteiger partial charge < -0.3 is 4.84 Å². The second-order valence-electron chi connectivity index (χ2n) is 2.09. The summed E-state index contributed by atoms with van der Waals surface area (Å²) in [6.45, 7) is 3.26. The average molecular weight is 163 g/mol. The highest BCUT2D eigenvalue weighted by molar-refractivity contribution is 5.81. The van der Waals surface area contributed by atoms with Crippen molar-refractivity contribution in [2.24, 2.45) is 0 Å². The van der Waals surface area contributed by atoms with E-state index in [1.165, 1.54) is 0 Å². The molecule has 1 N–H and O–H groups in total.